The van der Waals surface area contributed by atoms with Gasteiger partial charge in [0.05, 0.1) is 17.2 Å². The number of nitrogens with one attached hydrogen (secondary N) is 2. The van der Waals surface area contributed by atoms with Gasteiger partial charge in [0.25, 0.3) is 0 Å². The van der Waals surface area contributed by atoms with Gasteiger partial charge in [-0.3, -0.25) is 0 Å². The van der Waals surface area contributed by atoms with E-state index in [1.54, 1.807) is 32.4 Å². The fourth-order valence-electron chi connectivity index (χ4n) is 1.54. The molecule has 0 atom stereocenters. The molecule has 0 amide bonds. The van der Waals surface area contributed by atoms with Gasteiger partial charge in [0.15, 0.2) is 11.6 Å². The number of aromatic nitrogens is 2. The van der Waals surface area contributed by atoms with E-state index in [0.29, 0.717) is 27.4 Å². The van der Waals surface area contributed by atoms with E-state index in [2.05, 4.69) is 20.6 Å². The summed E-state index contributed by atoms with van der Waals surface area (Å²) >= 11 is 11.8. The summed E-state index contributed by atoms with van der Waals surface area (Å²) in [5, 5.41) is 7.00. The molecule has 0 aliphatic carbocycles. The standard InChI is InChI=1S/C12H12Cl2N4O/c1-15-11-10(19-2)12(17-6-16-11)18-7-3-4-8(13)9(14)5-7/h3-6H,1-2H3,(H2,15,16,17,18). The Kier molecular flexibility index (Phi) is 4.29. The molecule has 0 unspecified atom stereocenters. The first-order chi connectivity index (χ1) is 9.15. The van der Waals surface area contributed by atoms with Crippen LogP contribution in [0.2, 0.25) is 10.0 Å². The van der Waals surface area contributed by atoms with Crippen LogP contribution in [0.25, 0.3) is 0 Å². The van der Waals surface area contributed by atoms with Crippen molar-refractivity contribution in [1.29, 1.82) is 0 Å². The predicted molar refractivity (Wildman–Crippen MR) is 77.9 cm³/mol. The lowest BCUT2D eigenvalue weighted by Gasteiger charge is -2.13. The predicted octanol–water partition coefficient (Wildman–Crippen LogP) is 3.58. The minimum Gasteiger partial charge on any atom is -0.490 e. The van der Waals surface area contributed by atoms with Gasteiger partial charge in [-0.1, -0.05) is 23.2 Å². The highest BCUT2D eigenvalue weighted by Gasteiger charge is 2.11. The second-order valence-electron chi connectivity index (χ2n) is 3.61. The molecular formula is C12H12Cl2N4O. The van der Waals surface area contributed by atoms with Gasteiger partial charge >= 0.3 is 0 Å². The summed E-state index contributed by atoms with van der Waals surface area (Å²) in [5.41, 5.74) is 0.758. The fraction of sp³-hybridized carbons (Fsp3) is 0.167. The summed E-state index contributed by atoms with van der Waals surface area (Å²) in [4.78, 5) is 8.21. The normalized spacial score (nSPS) is 10.1. The molecule has 2 N–H and O–H groups in total. The van der Waals surface area contributed by atoms with Gasteiger partial charge in [-0.2, -0.15) is 0 Å². The molecular weight excluding hydrogens is 287 g/mol. The van der Waals surface area contributed by atoms with E-state index in [-0.39, 0.29) is 0 Å². The van der Waals surface area contributed by atoms with Gasteiger partial charge in [-0.25, -0.2) is 9.97 Å². The molecule has 0 saturated carbocycles. The van der Waals surface area contributed by atoms with Crippen molar-refractivity contribution < 1.29 is 4.74 Å². The molecule has 100 valence electrons. The van der Waals surface area contributed by atoms with Gasteiger partial charge in [-0.05, 0) is 18.2 Å². The number of methoxy groups -OCH3 is 1. The van der Waals surface area contributed by atoms with Crippen LogP contribution < -0.4 is 15.4 Å². The molecule has 7 heteroatoms. The molecule has 1 aromatic carbocycles. The Morgan fingerprint density at radius 2 is 1.84 bits per heavy atom. The Morgan fingerprint density at radius 3 is 2.47 bits per heavy atom. The van der Waals surface area contributed by atoms with Crippen molar-refractivity contribution in [3.05, 3.63) is 34.6 Å². The van der Waals surface area contributed by atoms with Crippen molar-refractivity contribution in [1.82, 2.24) is 9.97 Å². The van der Waals surface area contributed by atoms with E-state index in [0.717, 1.165) is 5.69 Å². The van der Waals surface area contributed by atoms with E-state index in [4.69, 9.17) is 27.9 Å². The van der Waals surface area contributed by atoms with Crippen molar-refractivity contribution in [2.45, 2.75) is 0 Å². The third-order valence-electron chi connectivity index (χ3n) is 2.43. The van der Waals surface area contributed by atoms with E-state index >= 15 is 0 Å². The molecule has 1 heterocycles. The molecule has 2 aromatic rings. The summed E-state index contributed by atoms with van der Waals surface area (Å²) in [7, 11) is 3.31. The van der Waals surface area contributed by atoms with Crippen LogP contribution >= 0.6 is 23.2 Å². The maximum Gasteiger partial charge on any atom is 0.204 e. The zero-order valence-corrected chi connectivity index (χ0v) is 11.9. The Hall–Kier alpha value is -1.72. The Balaban J connectivity index is 2.35. The van der Waals surface area contributed by atoms with Crippen LogP contribution in [0.1, 0.15) is 0 Å². The van der Waals surface area contributed by atoms with Gasteiger partial charge in [0.1, 0.15) is 6.33 Å². The monoisotopic (exact) mass is 298 g/mol. The lowest BCUT2D eigenvalue weighted by Crippen LogP contribution is -2.03. The number of hydrogen-bond acceptors (Lipinski definition) is 5. The van der Waals surface area contributed by atoms with E-state index < -0.39 is 0 Å². The molecule has 0 radical (unpaired) electrons. The fourth-order valence-corrected chi connectivity index (χ4v) is 1.84. The van der Waals surface area contributed by atoms with Crippen molar-refractivity contribution in [3.8, 4) is 5.75 Å². The van der Waals surface area contributed by atoms with Gasteiger partial charge in [-0.15, -0.1) is 0 Å². The number of nitrogens with zero attached hydrogens (tertiary/aromatic N) is 2. The zero-order valence-electron chi connectivity index (χ0n) is 10.4. The molecule has 1 aromatic heterocycles. The highest BCUT2D eigenvalue weighted by Crippen LogP contribution is 2.32. The first-order valence-electron chi connectivity index (χ1n) is 5.44. The quantitative estimate of drug-likeness (QED) is 0.903. The highest BCUT2D eigenvalue weighted by molar-refractivity contribution is 6.42. The summed E-state index contributed by atoms with van der Waals surface area (Å²) in [6.07, 6.45) is 1.44. The number of halogens is 2. The average molecular weight is 299 g/mol. The zero-order chi connectivity index (χ0) is 13.8. The summed E-state index contributed by atoms with van der Waals surface area (Å²) in [6.45, 7) is 0. The molecule has 0 bridgehead atoms. The molecule has 2 rings (SSSR count). The lowest BCUT2D eigenvalue weighted by molar-refractivity contribution is 0.415. The SMILES string of the molecule is CNc1ncnc(Nc2ccc(Cl)c(Cl)c2)c1OC. The minimum absolute atomic E-state index is 0.466. The number of hydrogen-bond donors (Lipinski definition) is 2. The summed E-state index contributed by atoms with van der Waals surface area (Å²) in [5.74, 6) is 1.66. The first kappa shape index (κ1) is 13.7. The smallest absolute Gasteiger partial charge is 0.204 e. The molecule has 5 nitrogen and oxygen atoms in total. The lowest BCUT2D eigenvalue weighted by atomic mass is 10.3. The summed E-state index contributed by atoms with van der Waals surface area (Å²) in [6, 6.07) is 5.22. The summed E-state index contributed by atoms with van der Waals surface area (Å²) < 4.78 is 5.28. The van der Waals surface area contributed by atoms with Crippen LogP contribution in [-0.2, 0) is 0 Å². The number of benzene rings is 1. The second kappa shape index (κ2) is 5.95. The topological polar surface area (TPSA) is 59.1 Å². The van der Waals surface area contributed by atoms with E-state index in [1.165, 1.54) is 6.33 Å². The molecule has 0 aliphatic heterocycles. The molecule has 0 spiro atoms. The third kappa shape index (κ3) is 3.00. The molecule has 0 saturated heterocycles. The number of rotatable bonds is 4. The Bertz CT molecular complexity index is 592. The van der Waals surface area contributed by atoms with E-state index in [9.17, 15) is 0 Å². The maximum atomic E-state index is 5.96. The second-order valence-corrected chi connectivity index (χ2v) is 4.42. The van der Waals surface area contributed by atoms with Crippen molar-refractivity contribution in [2.75, 3.05) is 24.8 Å². The Labute approximate surface area is 120 Å². The van der Waals surface area contributed by atoms with Crippen LogP contribution in [0.4, 0.5) is 17.3 Å². The van der Waals surface area contributed by atoms with Crippen molar-refractivity contribution in [2.24, 2.45) is 0 Å². The first-order valence-corrected chi connectivity index (χ1v) is 6.20. The maximum absolute atomic E-state index is 5.96. The van der Waals surface area contributed by atoms with Gasteiger partial charge in [0, 0.05) is 12.7 Å². The van der Waals surface area contributed by atoms with Crippen LogP contribution in [0.3, 0.4) is 0 Å². The average Bonchev–Trinajstić information content (AvgIpc) is 2.42. The van der Waals surface area contributed by atoms with Crippen LogP contribution in [0.5, 0.6) is 5.75 Å². The van der Waals surface area contributed by atoms with Crippen LogP contribution in [0, 0.1) is 0 Å². The van der Waals surface area contributed by atoms with Gasteiger partial charge < -0.3 is 15.4 Å². The van der Waals surface area contributed by atoms with Crippen LogP contribution in [0.15, 0.2) is 24.5 Å². The third-order valence-corrected chi connectivity index (χ3v) is 3.17. The molecule has 0 fully saturated rings. The highest BCUT2D eigenvalue weighted by atomic mass is 35.5. The van der Waals surface area contributed by atoms with Crippen molar-refractivity contribution in [3.63, 3.8) is 0 Å². The van der Waals surface area contributed by atoms with Gasteiger partial charge in [0.2, 0.25) is 5.75 Å². The van der Waals surface area contributed by atoms with Crippen LogP contribution in [-0.4, -0.2) is 24.1 Å². The van der Waals surface area contributed by atoms with E-state index in [1.807, 2.05) is 0 Å². The minimum atomic E-state index is 0.466. The number of ether oxygens (including phenoxy) is 1. The molecule has 19 heavy (non-hydrogen) atoms. The van der Waals surface area contributed by atoms with Crippen molar-refractivity contribution >= 4 is 40.5 Å². The largest absolute Gasteiger partial charge is 0.490 e. The number of anilines is 3. The molecule has 0 aliphatic rings. The Morgan fingerprint density at radius 1 is 1.11 bits per heavy atom.